The van der Waals surface area contributed by atoms with Crippen LogP contribution in [0.25, 0.3) is 5.52 Å². The largest absolute Gasteiger partial charge is 0.477 e. The summed E-state index contributed by atoms with van der Waals surface area (Å²) in [5, 5.41) is 9.43. The number of aromatic nitrogens is 1. The topological polar surface area (TPSA) is 88.0 Å². The number of nitrogens with two attached hydrogens (primary N) is 1. The standard InChI is InChI=1S/C22H26FN3O3/c1-11-19-14(12-5-6-12)7-15(22(28)29)21(27)26(19)10-17(23)20(11)25-8-13-3-2-4-18(24)16(13)9-25/h7,10,12-13,16,18H,2-6,8-9,24H2,1H3,(H,28,29)/t13-,16+,18+/m1/s1. The van der Waals surface area contributed by atoms with Crippen LogP contribution in [0.3, 0.4) is 0 Å². The maximum atomic E-state index is 15.3. The van der Waals surface area contributed by atoms with Crippen molar-refractivity contribution in [1.82, 2.24) is 4.40 Å². The van der Waals surface area contributed by atoms with Crippen molar-refractivity contribution in [3.8, 4) is 0 Å². The van der Waals surface area contributed by atoms with E-state index in [1.807, 2.05) is 6.92 Å². The predicted molar refractivity (Wildman–Crippen MR) is 108 cm³/mol. The molecule has 3 aliphatic rings. The number of rotatable bonds is 3. The molecule has 0 bridgehead atoms. The van der Waals surface area contributed by atoms with Crippen LogP contribution in [0.2, 0.25) is 0 Å². The first-order valence-electron chi connectivity index (χ1n) is 10.5. The first kappa shape index (κ1) is 18.6. The van der Waals surface area contributed by atoms with E-state index in [9.17, 15) is 14.7 Å². The summed E-state index contributed by atoms with van der Waals surface area (Å²) < 4.78 is 16.5. The molecule has 6 nitrogen and oxygen atoms in total. The molecule has 0 amide bonds. The fourth-order valence-electron chi connectivity index (χ4n) is 5.59. The normalized spacial score (nSPS) is 26.7. The van der Waals surface area contributed by atoms with Crippen molar-refractivity contribution in [2.45, 2.75) is 51.0 Å². The van der Waals surface area contributed by atoms with E-state index >= 15 is 4.39 Å². The van der Waals surface area contributed by atoms with Crippen molar-refractivity contribution in [2.75, 3.05) is 18.0 Å². The molecule has 7 heteroatoms. The van der Waals surface area contributed by atoms with Gasteiger partial charge in [0.1, 0.15) is 5.56 Å². The highest BCUT2D eigenvalue weighted by Gasteiger charge is 2.40. The number of nitrogens with zero attached hydrogens (tertiary/aromatic N) is 2. The second kappa shape index (κ2) is 6.55. The minimum Gasteiger partial charge on any atom is -0.477 e. The Bertz CT molecular complexity index is 1080. The number of fused-ring (bicyclic) bond motifs is 2. The van der Waals surface area contributed by atoms with Crippen molar-refractivity contribution in [3.05, 3.63) is 45.1 Å². The Morgan fingerprint density at radius 1 is 1.24 bits per heavy atom. The molecule has 5 rings (SSSR count). The molecule has 1 saturated heterocycles. The van der Waals surface area contributed by atoms with Crippen molar-refractivity contribution in [1.29, 1.82) is 0 Å². The van der Waals surface area contributed by atoms with Gasteiger partial charge < -0.3 is 15.7 Å². The molecule has 154 valence electrons. The number of anilines is 1. The number of pyridine rings is 2. The zero-order valence-electron chi connectivity index (χ0n) is 16.5. The van der Waals surface area contributed by atoms with Gasteiger partial charge >= 0.3 is 5.97 Å². The van der Waals surface area contributed by atoms with E-state index < -0.39 is 17.3 Å². The van der Waals surface area contributed by atoms with E-state index in [1.54, 1.807) is 0 Å². The van der Waals surface area contributed by atoms with Crippen LogP contribution in [0.4, 0.5) is 10.1 Å². The lowest BCUT2D eigenvalue weighted by molar-refractivity contribution is 0.0694. The second-order valence-corrected chi connectivity index (χ2v) is 8.99. The summed E-state index contributed by atoms with van der Waals surface area (Å²) in [5.74, 6) is -0.665. The third kappa shape index (κ3) is 2.86. The first-order chi connectivity index (χ1) is 13.9. The summed E-state index contributed by atoms with van der Waals surface area (Å²) in [6.45, 7) is 3.36. The Kier molecular flexibility index (Phi) is 4.21. The van der Waals surface area contributed by atoms with E-state index in [0.29, 0.717) is 28.6 Å². The molecule has 1 aliphatic heterocycles. The number of hydrogen-bond acceptors (Lipinski definition) is 4. The van der Waals surface area contributed by atoms with Crippen molar-refractivity contribution in [3.63, 3.8) is 0 Å². The second-order valence-electron chi connectivity index (χ2n) is 8.99. The SMILES string of the molecule is Cc1c(N2C[C@H]3CCC[C@H](N)[C@H]3C2)c(F)cn2c(=O)c(C(=O)O)cc(C3CC3)c12. The van der Waals surface area contributed by atoms with Crippen LogP contribution >= 0.6 is 0 Å². The lowest BCUT2D eigenvalue weighted by Crippen LogP contribution is -2.38. The number of carboxylic acid groups (broad SMARTS) is 1. The highest BCUT2D eigenvalue weighted by Crippen LogP contribution is 2.45. The molecule has 3 heterocycles. The van der Waals surface area contributed by atoms with Gasteiger partial charge in [-0.05, 0) is 67.6 Å². The van der Waals surface area contributed by atoms with Gasteiger partial charge in [-0.25, -0.2) is 9.18 Å². The quantitative estimate of drug-likeness (QED) is 0.829. The van der Waals surface area contributed by atoms with E-state index in [2.05, 4.69) is 4.90 Å². The summed E-state index contributed by atoms with van der Waals surface area (Å²) in [6.07, 6.45) is 6.36. The number of hydrogen-bond donors (Lipinski definition) is 2. The van der Waals surface area contributed by atoms with Crippen LogP contribution in [0.15, 0.2) is 17.1 Å². The van der Waals surface area contributed by atoms with Crippen LogP contribution in [0.5, 0.6) is 0 Å². The lowest BCUT2D eigenvalue weighted by Gasteiger charge is -2.29. The average Bonchev–Trinajstić information content (AvgIpc) is 3.42. The molecular formula is C22H26FN3O3. The third-order valence-corrected chi connectivity index (χ3v) is 7.16. The smallest absolute Gasteiger partial charge is 0.341 e. The van der Waals surface area contributed by atoms with Crippen molar-refractivity contribution in [2.24, 2.45) is 17.6 Å². The molecule has 0 aromatic carbocycles. The monoisotopic (exact) mass is 399 g/mol. The zero-order valence-corrected chi connectivity index (χ0v) is 16.5. The Morgan fingerprint density at radius 2 is 2.00 bits per heavy atom. The average molecular weight is 399 g/mol. The van der Waals surface area contributed by atoms with Gasteiger partial charge in [0.15, 0.2) is 5.82 Å². The summed E-state index contributed by atoms with van der Waals surface area (Å²) >= 11 is 0. The Balaban J connectivity index is 1.68. The maximum Gasteiger partial charge on any atom is 0.341 e. The molecule has 3 fully saturated rings. The fraction of sp³-hybridized carbons (Fsp3) is 0.545. The number of carboxylic acids is 1. The van der Waals surface area contributed by atoms with Gasteiger partial charge in [-0.3, -0.25) is 9.20 Å². The van der Waals surface area contributed by atoms with Crippen LogP contribution in [-0.2, 0) is 0 Å². The highest BCUT2D eigenvalue weighted by atomic mass is 19.1. The van der Waals surface area contributed by atoms with Crippen LogP contribution in [-0.4, -0.2) is 34.6 Å². The molecule has 2 aliphatic carbocycles. The zero-order chi connectivity index (χ0) is 20.4. The van der Waals surface area contributed by atoms with E-state index in [0.717, 1.165) is 50.8 Å². The number of aromatic carboxylic acids is 1. The van der Waals surface area contributed by atoms with Gasteiger partial charge in [0.2, 0.25) is 0 Å². The molecule has 29 heavy (non-hydrogen) atoms. The first-order valence-corrected chi connectivity index (χ1v) is 10.5. The number of aryl methyl sites for hydroxylation is 1. The van der Waals surface area contributed by atoms with Gasteiger partial charge in [-0.15, -0.1) is 0 Å². The van der Waals surface area contributed by atoms with Gasteiger partial charge in [-0.1, -0.05) is 6.42 Å². The van der Waals surface area contributed by atoms with Crippen LogP contribution in [0.1, 0.15) is 59.5 Å². The summed E-state index contributed by atoms with van der Waals surface area (Å²) in [7, 11) is 0. The van der Waals surface area contributed by atoms with E-state index in [4.69, 9.17) is 5.73 Å². The van der Waals surface area contributed by atoms with Crippen LogP contribution in [0, 0.1) is 24.6 Å². The minimum absolute atomic E-state index is 0.158. The fourth-order valence-corrected chi connectivity index (χ4v) is 5.59. The molecular weight excluding hydrogens is 373 g/mol. The minimum atomic E-state index is -1.27. The maximum absolute atomic E-state index is 15.3. The molecule has 0 spiro atoms. The van der Waals surface area contributed by atoms with Gasteiger partial charge in [0.25, 0.3) is 5.56 Å². The lowest BCUT2D eigenvalue weighted by atomic mass is 9.78. The van der Waals surface area contributed by atoms with E-state index in [1.165, 1.54) is 16.7 Å². The molecule has 2 saturated carbocycles. The van der Waals surface area contributed by atoms with Crippen LogP contribution < -0.4 is 16.2 Å². The summed E-state index contributed by atoms with van der Waals surface area (Å²) in [6, 6.07) is 1.66. The molecule has 3 N–H and O–H groups in total. The number of halogens is 1. The van der Waals surface area contributed by atoms with Gasteiger partial charge in [-0.2, -0.15) is 0 Å². The summed E-state index contributed by atoms with van der Waals surface area (Å²) in [5.41, 5.74) is 8.13. The van der Waals surface area contributed by atoms with Gasteiger partial charge in [0.05, 0.1) is 17.4 Å². The molecule has 0 unspecified atom stereocenters. The predicted octanol–water partition coefficient (Wildman–Crippen LogP) is 2.89. The Labute approximate surface area is 168 Å². The molecule has 3 atom stereocenters. The van der Waals surface area contributed by atoms with Crippen molar-refractivity contribution >= 4 is 17.2 Å². The van der Waals surface area contributed by atoms with E-state index in [-0.39, 0.29) is 17.5 Å². The van der Waals surface area contributed by atoms with Crippen molar-refractivity contribution < 1.29 is 14.3 Å². The molecule has 2 aromatic heterocycles. The number of carbonyl (C=O) groups is 1. The molecule has 0 radical (unpaired) electrons. The third-order valence-electron chi connectivity index (χ3n) is 7.16. The Morgan fingerprint density at radius 3 is 2.66 bits per heavy atom. The molecule has 2 aromatic rings. The highest BCUT2D eigenvalue weighted by molar-refractivity contribution is 5.89. The Hall–Kier alpha value is -2.41. The summed E-state index contributed by atoms with van der Waals surface area (Å²) in [4.78, 5) is 26.4. The van der Waals surface area contributed by atoms with Gasteiger partial charge in [0, 0.05) is 19.1 Å².